The second kappa shape index (κ2) is 4.05. The van der Waals surface area contributed by atoms with Crippen molar-refractivity contribution < 1.29 is 9.53 Å². The van der Waals surface area contributed by atoms with Crippen molar-refractivity contribution in [2.75, 3.05) is 7.11 Å². The molecule has 0 aliphatic heterocycles. The van der Waals surface area contributed by atoms with E-state index < -0.39 is 0 Å². The van der Waals surface area contributed by atoms with Gasteiger partial charge in [-0.1, -0.05) is 13.0 Å². The van der Waals surface area contributed by atoms with Gasteiger partial charge in [-0.2, -0.15) is 0 Å². The smallest absolute Gasteiger partial charge is 0.163 e. The average Bonchev–Trinajstić information content (AvgIpc) is 2.38. The second-order valence-electron chi connectivity index (χ2n) is 4.29. The van der Waals surface area contributed by atoms with Crippen molar-refractivity contribution in [1.82, 2.24) is 0 Å². The summed E-state index contributed by atoms with van der Waals surface area (Å²) in [6, 6.07) is 5.82. The van der Waals surface area contributed by atoms with Crippen LogP contribution in [-0.4, -0.2) is 12.9 Å². The molecule has 15 heavy (non-hydrogen) atoms. The minimum Gasteiger partial charge on any atom is -0.497 e. The quantitative estimate of drug-likeness (QED) is 0.657. The Morgan fingerprint density at radius 3 is 2.93 bits per heavy atom. The number of aryl methyl sites for hydroxylation is 1. The van der Waals surface area contributed by atoms with E-state index >= 15 is 0 Å². The molecule has 2 rings (SSSR count). The number of fused-ring (bicyclic) bond motifs is 1. The van der Waals surface area contributed by atoms with Crippen LogP contribution in [0.1, 0.15) is 35.7 Å². The first kappa shape index (κ1) is 10.2. The van der Waals surface area contributed by atoms with Crippen LogP contribution in [-0.2, 0) is 6.42 Å². The summed E-state index contributed by atoms with van der Waals surface area (Å²) in [6.07, 6.45) is 2.78. The Morgan fingerprint density at radius 1 is 1.40 bits per heavy atom. The molecule has 1 unspecified atom stereocenters. The molecule has 1 atom stereocenters. The predicted molar refractivity (Wildman–Crippen MR) is 59.4 cm³/mol. The van der Waals surface area contributed by atoms with Crippen molar-refractivity contribution >= 4 is 5.78 Å². The Hall–Kier alpha value is -1.31. The van der Waals surface area contributed by atoms with Gasteiger partial charge in [0.15, 0.2) is 5.78 Å². The van der Waals surface area contributed by atoms with Crippen LogP contribution in [0.3, 0.4) is 0 Å². The summed E-state index contributed by atoms with van der Waals surface area (Å²) >= 11 is 0. The van der Waals surface area contributed by atoms with Crippen LogP contribution < -0.4 is 4.74 Å². The van der Waals surface area contributed by atoms with E-state index in [2.05, 4.69) is 6.92 Å². The molecule has 0 saturated heterocycles. The van der Waals surface area contributed by atoms with E-state index in [1.165, 1.54) is 5.56 Å². The number of benzene rings is 1. The van der Waals surface area contributed by atoms with Gasteiger partial charge in [-0.15, -0.1) is 0 Å². The Morgan fingerprint density at radius 2 is 2.20 bits per heavy atom. The van der Waals surface area contributed by atoms with Crippen molar-refractivity contribution in [3.8, 4) is 5.75 Å². The molecule has 1 aromatic rings. The highest BCUT2D eigenvalue weighted by Gasteiger charge is 2.20. The third-order valence-corrected chi connectivity index (χ3v) is 3.06. The highest BCUT2D eigenvalue weighted by atomic mass is 16.5. The topological polar surface area (TPSA) is 26.3 Å². The van der Waals surface area contributed by atoms with E-state index in [0.29, 0.717) is 12.3 Å². The number of rotatable bonds is 1. The van der Waals surface area contributed by atoms with E-state index in [4.69, 9.17) is 4.74 Å². The molecule has 0 aromatic heterocycles. The maximum atomic E-state index is 11.9. The Balaban J connectivity index is 2.41. The fourth-order valence-electron chi connectivity index (χ4n) is 2.09. The first-order valence-electron chi connectivity index (χ1n) is 5.41. The van der Waals surface area contributed by atoms with E-state index in [9.17, 15) is 4.79 Å². The predicted octanol–water partition coefficient (Wildman–Crippen LogP) is 2.85. The molecular formula is C13H16O2. The fraction of sp³-hybridized carbons (Fsp3) is 0.462. The molecule has 2 heteroatoms. The summed E-state index contributed by atoms with van der Waals surface area (Å²) < 4.78 is 5.14. The molecule has 1 aromatic carbocycles. The van der Waals surface area contributed by atoms with Gasteiger partial charge in [0.2, 0.25) is 0 Å². The number of carbonyl (C=O) groups is 1. The Labute approximate surface area is 90.3 Å². The highest BCUT2D eigenvalue weighted by Crippen LogP contribution is 2.27. The second-order valence-corrected chi connectivity index (χ2v) is 4.29. The van der Waals surface area contributed by atoms with E-state index in [0.717, 1.165) is 24.2 Å². The van der Waals surface area contributed by atoms with Gasteiger partial charge in [0.1, 0.15) is 5.75 Å². The van der Waals surface area contributed by atoms with Crippen molar-refractivity contribution in [3.63, 3.8) is 0 Å². The molecule has 0 bridgehead atoms. The van der Waals surface area contributed by atoms with E-state index in [1.807, 2.05) is 18.2 Å². The lowest BCUT2D eigenvalue weighted by Gasteiger charge is -2.06. The van der Waals surface area contributed by atoms with Gasteiger partial charge in [-0.3, -0.25) is 4.79 Å². The van der Waals surface area contributed by atoms with Gasteiger partial charge in [0.25, 0.3) is 0 Å². The van der Waals surface area contributed by atoms with Crippen LogP contribution in [0, 0.1) is 5.92 Å². The summed E-state index contributed by atoms with van der Waals surface area (Å²) in [4.78, 5) is 11.9. The molecule has 0 fully saturated rings. The average molecular weight is 204 g/mol. The standard InChI is InChI=1S/C13H16O2/c1-9-3-4-10-5-6-11(15-2)8-12(10)13(14)7-9/h5-6,8-9H,3-4,7H2,1-2H3. The van der Waals surface area contributed by atoms with Crippen molar-refractivity contribution in [3.05, 3.63) is 29.3 Å². The van der Waals surface area contributed by atoms with Crippen molar-refractivity contribution in [2.45, 2.75) is 26.2 Å². The fourth-order valence-corrected chi connectivity index (χ4v) is 2.09. The van der Waals surface area contributed by atoms with Gasteiger partial charge >= 0.3 is 0 Å². The Bertz CT molecular complexity index is 382. The maximum absolute atomic E-state index is 11.9. The van der Waals surface area contributed by atoms with Gasteiger partial charge in [0, 0.05) is 12.0 Å². The summed E-state index contributed by atoms with van der Waals surface area (Å²) in [5, 5.41) is 0. The number of hydrogen-bond donors (Lipinski definition) is 0. The lowest BCUT2D eigenvalue weighted by atomic mass is 10.0. The summed E-state index contributed by atoms with van der Waals surface area (Å²) in [5.74, 6) is 1.53. The van der Waals surface area contributed by atoms with Crippen LogP contribution >= 0.6 is 0 Å². The van der Waals surface area contributed by atoms with Gasteiger partial charge < -0.3 is 4.74 Å². The number of ether oxygens (including phenoxy) is 1. The third-order valence-electron chi connectivity index (χ3n) is 3.06. The third kappa shape index (κ3) is 2.04. The Kier molecular flexibility index (Phi) is 2.76. The number of carbonyl (C=O) groups excluding carboxylic acids is 1. The zero-order valence-electron chi connectivity index (χ0n) is 9.25. The number of hydrogen-bond acceptors (Lipinski definition) is 2. The van der Waals surface area contributed by atoms with Gasteiger partial charge in [-0.25, -0.2) is 0 Å². The molecule has 1 aliphatic carbocycles. The zero-order valence-corrected chi connectivity index (χ0v) is 9.25. The molecule has 0 heterocycles. The van der Waals surface area contributed by atoms with Crippen LogP contribution in [0.15, 0.2) is 18.2 Å². The lowest BCUT2D eigenvalue weighted by molar-refractivity contribution is 0.0967. The largest absolute Gasteiger partial charge is 0.497 e. The highest BCUT2D eigenvalue weighted by molar-refractivity contribution is 5.98. The maximum Gasteiger partial charge on any atom is 0.163 e. The van der Waals surface area contributed by atoms with Crippen LogP contribution in [0.5, 0.6) is 5.75 Å². The minimum absolute atomic E-state index is 0.258. The minimum atomic E-state index is 0.258. The molecule has 2 nitrogen and oxygen atoms in total. The summed E-state index contributed by atoms with van der Waals surface area (Å²) in [7, 11) is 1.63. The zero-order chi connectivity index (χ0) is 10.8. The molecule has 0 N–H and O–H groups in total. The van der Waals surface area contributed by atoms with Crippen LogP contribution in [0.2, 0.25) is 0 Å². The van der Waals surface area contributed by atoms with E-state index in [-0.39, 0.29) is 5.78 Å². The lowest BCUT2D eigenvalue weighted by Crippen LogP contribution is -2.03. The summed E-state index contributed by atoms with van der Waals surface area (Å²) in [5.41, 5.74) is 2.03. The molecular weight excluding hydrogens is 188 g/mol. The first-order valence-corrected chi connectivity index (χ1v) is 5.41. The molecule has 80 valence electrons. The van der Waals surface area contributed by atoms with Crippen molar-refractivity contribution in [2.24, 2.45) is 5.92 Å². The number of Topliss-reactive ketones (excluding diaryl/α,β-unsaturated/α-hetero) is 1. The van der Waals surface area contributed by atoms with Crippen LogP contribution in [0.25, 0.3) is 0 Å². The summed E-state index contributed by atoms with van der Waals surface area (Å²) in [6.45, 7) is 2.14. The molecule has 0 spiro atoms. The molecule has 0 amide bonds. The SMILES string of the molecule is COc1ccc2c(c1)C(=O)CC(C)CC2. The molecule has 0 radical (unpaired) electrons. The normalized spacial score (nSPS) is 20.7. The van der Waals surface area contributed by atoms with Crippen LogP contribution in [0.4, 0.5) is 0 Å². The number of ketones is 1. The first-order chi connectivity index (χ1) is 7.20. The molecule has 1 aliphatic rings. The number of methoxy groups -OCH3 is 1. The van der Waals surface area contributed by atoms with Gasteiger partial charge in [-0.05, 0) is 36.5 Å². The molecule has 0 saturated carbocycles. The monoisotopic (exact) mass is 204 g/mol. The van der Waals surface area contributed by atoms with E-state index in [1.54, 1.807) is 7.11 Å². The van der Waals surface area contributed by atoms with Gasteiger partial charge in [0.05, 0.1) is 7.11 Å². The van der Waals surface area contributed by atoms with Crippen molar-refractivity contribution in [1.29, 1.82) is 0 Å².